The van der Waals surface area contributed by atoms with Gasteiger partial charge in [-0.05, 0) is 44.1 Å². The summed E-state index contributed by atoms with van der Waals surface area (Å²) in [6.07, 6.45) is 1.20. The van der Waals surface area contributed by atoms with Crippen molar-refractivity contribution in [2.45, 2.75) is 6.42 Å². The highest BCUT2D eigenvalue weighted by atomic mass is 16.4. The van der Waals surface area contributed by atoms with E-state index >= 15 is 0 Å². The van der Waals surface area contributed by atoms with Gasteiger partial charge in [0.15, 0.2) is 0 Å². The minimum Gasteiger partial charge on any atom is -0.478 e. The van der Waals surface area contributed by atoms with Crippen LogP contribution < -0.4 is 11.1 Å². The van der Waals surface area contributed by atoms with Crippen LogP contribution in [-0.2, 0) is 0 Å². The zero-order chi connectivity index (χ0) is 13.1. The zero-order valence-corrected chi connectivity index (χ0v) is 10.5. The van der Waals surface area contributed by atoms with E-state index in [9.17, 15) is 4.79 Å². The number of anilines is 2. The molecule has 0 spiro atoms. The van der Waals surface area contributed by atoms with Gasteiger partial charge in [0.1, 0.15) is 0 Å². The lowest BCUT2D eigenvalue weighted by Crippen LogP contribution is -2.19. The second kappa shape index (κ2) is 5.27. The highest BCUT2D eigenvalue weighted by Gasteiger charge is 2.19. The van der Waals surface area contributed by atoms with E-state index in [1.54, 1.807) is 18.2 Å². The maximum absolute atomic E-state index is 10.8. The molecule has 1 fully saturated rings. The third-order valence-corrected chi connectivity index (χ3v) is 3.37. The molecule has 4 N–H and O–H groups in total. The van der Waals surface area contributed by atoms with E-state index in [0.29, 0.717) is 11.6 Å². The zero-order valence-electron chi connectivity index (χ0n) is 10.5. The molecule has 1 aliphatic rings. The molecule has 0 bridgehead atoms. The first-order chi connectivity index (χ1) is 8.56. The Morgan fingerprint density at radius 3 is 2.94 bits per heavy atom. The molecule has 1 aromatic carbocycles. The maximum Gasteiger partial charge on any atom is 0.337 e. The second-order valence-electron chi connectivity index (χ2n) is 4.91. The molecule has 0 saturated carbocycles. The molecule has 1 saturated heterocycles. The quantitative estimate of drug-likeness (QED) is 0.702. The van der Waals surface area contributed by atoms with Crippen LogP contribution in [0.1, 0.15) is 16.8 Å². The average Bonchev–Trinajstić information content (AvgIpc) is 2.72. The van der Waals surface area contributed by atoms with Crippen molar-refractivity contribution in [2.75, 3.05) is 37.7 Å². The number of nitrogen functional groups attached to an aromatic ring is 1. The fourth-order valence-corrected chi connectivity index (χ4v) is 2.32. The van der Waals surface area contributed by atoms with Gasteiger partial charge in [0.25, 0.3) is 0 Å². The highest BCUT2D eigenvalue weighted by molar-refractivity contribution is 5.94. The van der Waals surface area contributed by atoms with Crippen molar-refractivity contribution in [3.05, 3.63) is 23.8 Å². The van der Waals surface area contributed by atoms with Crippen molar-refractivity contribution >= 4 is 17.3 Å². The van der Waals surface area contributed by atoms with E-state index in [2.05, 4.69) is 17.3 Å². The minimum atomic E-state index is -0.989. The topological polar surface area (TPSA) is 78.6 Å². The molecular weight excluding hydrogens is 230 g/mol. The highest BCUT2D eigenvalue weighted by Crippen LogP contribution is 2.20. The van der Waals surface area contributed by atoms with Gasteiger partial charge in [0.2, 0.25) is 0 Å². The lowest BCUT2D eigenvalue weighted by atomic mass is 10.1. The minimum absolute atomic E-state index is 0.154. The van der Waals surface area contributed by atoms with Crippen LogP contribution in [0, 0.1) is 5.92 Å². The number of hydrogen-bond donors (Lipinski definition) is 3. The summed E-state index contributed by atoms with van der Waals surface area (Å²) in [5.41, 5.74) is 7.04. The number of carboxylic acids is 1. The van der Waals surface area contributed by atoms with Crippen molar-refractivity contribution in [1.29, 1.82) is 0 Å². The molecule has 0 aliphatic carbocycles. The molecule has 5 heteroatoms. The summed E-state index contributed by atoms with van der Waals surface area (Å²) in [4.78, 5) is 13.1. The number of likely N-dealkylation sites (tertiary alicyclic amines) is 1. The first-order valence-electron chi connectivity index (χ1n) is 6.11. The van der Waals surface area contributed by atoms with Crippen molar-refractivity contribution in [2.24, 2.45) is 5.92 Å². The van der Waals surface area contributed by atoms with Crippen LogP contribution >= 0.6 is 0 Å². The summed E-state index contributed by atoms with van der Waals surface area (Å²) in [5.74, 6) is -0.341. The van der Waals surface area contributed by atoms with Gasteiger partial charge in [-0.15, -0.1) is 0 Å². The molecule has 1 heterocycles. The summed E-state index contributed by atoms with van der Waals surface area (Å²) in [6.45, 7) is 3.15. The van der Waals surface area contributed by atoms with Crippen LogP contribution in [0.4, 0.5) is 11.4 Å². The van der Waals surface area contributed by atoms with Gasteiger partial charge in [-0.3, -0.25) is 0 Å². The van der Waals surface area contributed by atoms with Gasteiger partial charge in [-0.2, -0.15) is 0 Å². The van der Waals surface area contributed by atoms with Gasteiger partial charge < -0.3 is 21.1 Å². The van der Waals surface area contributed by atoms with Crippen LogP contribution in [0.25, 0.3) is 0 Å². The lowest BCUT2D eigenvalue weighted by molar-refractivity contribution is 0.0698. The molecule has 0 amide bonds. The normalized spacial score (nSPS) is 19.9. The molecule has 1 aliphatic heterocycles. The number of benzene rings is 1. The van der Waals surface area contributed by atoms with Crippen molar-refractivity contribution in [1.82, 2.24) is 4.90 Å². The summed E-state index contributed by atoms with van der Waals surface area (Å²) in [7, 11) is 2.12. The SMILES string of the molecule is CN1CCC(CNc2ccc(C(=O)O)c(N)c2)C1. The molecular formula is C13H19N3O2. The molecule has 18 heavy (non-hydrogen) atoms. The summed E-state index contributed by atoms with van der Waals surface area (Å²) >= 11 is 0. The van der Waals surface area contributed by atoms with Crippen LogP contribution in [0.15, 0.2) is 18.2 Å². The van der Waals surface area contributed by atoms with E-state index < -0.39 is 5.97 Å². The number of carboxylic acid groups (broad SMARTS) is 1. The molecule has 0 radical (unpaired) electrons. The number of nitrogens with zero attached hydrogens (tertiary/aromatic N) is 1. The molecule has 1 unspecified atom stereocenters. The molecule has 2 rings (SSSR count). The standard InChI is InChI=1S/C13H19N3O2/c1-16-5-4-9(8-16)7-15-10-2-3-11(13(17)18)12(14)6-10/h2-3,6,9,15H,4-5,7-8,14H2,1H3,(H,17,18). The van der Waals surface area contributed by atoms with Crippen LogP contribution in [-0.4, -0.2) is 42.7 Å². The summed E-state index contributed by atoms with van der Waals surface area (Å²) in [5, 5.41) is 12.2. The predicted molar refractivity (Wildman–Crippen MR) is 71.9 cm³/mol. The van der Waals surface area contributed by atoms with Gasteiger partial charge in [-0.25, -0.2) is 4.79 Å². The Hall–Kier alpha value is -1.75. The fourth-order valence-electron chi connectivity index (χ4n) is 2.32. The van der Waals surface area contributed by atoms with Gasteiger partial charge in [0, 0.05) is 24.5 Å². The molecule has 1 atom stereocenters. The Labute approximate surface area is 107 Å². The number of nitrogens with one attached hydrogen (secondary N) is 1. The van der Waals surface area contributed by atoms with Crippen molar-refractivity contribution in [3.8, 4) is 0 Å². The van der Waals surface area contributed by atoms with E-state index in [1.807, 2.05) is 0 Å². The van der Waals surface area contributed by atoms with Gasteiger partial charge >= 0.3 is 5.97 Å². The second-order valence-corrected chi connectivity index (χ2v) is 4.91. The largest absolute Gasteiger partial charge is 0.478 e. The number of hydrogen-bond acceptors (Lipinski definition) is 4. The molecule has 98 valence electrons. The van der Waals surface area contributed by atoms with E-state index in [0.717, 1.165) is 25.3 Å². The first kappa shape index (κ1) is 12.7. The van der Waals surface area contributed by atoms with Crippen molar-refractivity contribution < 1.29 is 9.90 Å². The summed E-state index contributed by atoms with van der Waals surface area (Å²) in [6, 6.07) is 4.99. The van der Waals surface area contributed by atoms with Crippen LogP contribution in [0.5, 0.6) is 0 Å². The Balaban J connectivity index is 1.94. The van der Waals surface area contributed by atoms with Crippen LogP contribution in [0.3, 0.4) is 0 Å². The third kappa shape index (κ3) is 2.92. The third-order valence-electron chi connectivity index (χ3n) is 3.37. The van der Waals surface area contributed by atoms with Gasteiger partial charge in [-0.1, -0.05) is 0 Å². The van der Waals surface area contributed by atoms with Gasteiger partial charge in [0.05, 0.1) is 5.56 Å². The molecule has 5 nitrogen and oxygen atoms in total. The fraction of sp³-hybridized carbons (Fsp3) is 0.462. The van der Waals surface area contributed by atoms with E-state index in [4.69, 9.17) is 10.8 Å². The van der Waals surface area contributed by atoms with E-state index in [1.165, 1.54) is 6.42 Å². The molecule has 0 aromatic heterocycles. The monoisotopic (exact) mass is 249 g/mol. The lowest BCUT2D eigenvalue weighted by Gasteiger charge is -2.13. The number of rotatable bonds is 4. The van der Waals surface area contributed by atoms with Crippen LogP contribution in [0.2, 0.25) is 0 Å². The smallest absolute Gasteiger partial charge is 0.337 e. The number of nitrogens with two attached hydrogens (primary N) is 1. The Morgan fingerprint density at radius 2 is 2.39 bits per heavy atom. The number of aromatic carboxylic acids is 1. The first-order valence-corrected chi connectivity index (χ1v) is 6.11. The average molecular weight is 249 g/mol. The Morgan fingerprint density at radius 1 is 1.61 bits per heavy atom. The van der Waals surface area contributed by atoms with E-state index in [-0.39, 0.29) is 5.56 Å². The maximum atomic E-state index is 10.8. The Bertz CT molecular complexity index is 448. The Kier molecular flexibility index (Phi) is 3.72. The number of carbonyl (C=O) groups is 1. The molecule has 1 aromatic rings. The van der Waals surface area contributed by atoms with Crippen molar-refractivity contribution in [3.63, 3.8) is 0 Å². The predicted octanol–water partition coefficient (Wildman–Crippen LogP) is 1.33. The summed E-state index contributed by atoms with van der Waals surface area (Å²) < 4.78 is 0.